The van der Waals surface area contributed by atoms with Gasteiger partial charge in [0.15, 0.2) is 17.3 Å². The van der Waals surface area contributed by atoms with Crippen LogP contribution >= 0.6 is 22.6 Å². The van der Waals surface area contributed by atoms with Crippen LogP contribution in [0.4, 0.5) is 0 Å². The molecule has 206 valence electrons. The number of halogens is 1. The van der Waals surface area contributed by atoms with E-state index in [9.17, 15) is 9.59 Å². The van der Waals surface area contributed by atoms with E-state index in [1.165, 1.54) is 5.39 Å². The van der Waals surface area contributed by atoms with Gasteiger partial charge in [0, 0.05) is 28.3 Å². The number of rotatable bonds is 7. The third kappa shape index (κ3) is 4.78. The summed E-state index contributed by atoms with van der Waals surface area (Å²) in [4.78, 5) is 27.1. The van der Waals surface area contributed by atoms with Crippen molar-refractivity contribution in [2.75, 3.05) is 13.7 Å². The molecule has 4 aromatic rings. The number of nitrogens with one attached hydrogen (secondary N) is 1. The molecule has 4 aromatic carbocycles. The summed E-state index contributed by atoms with van der Waals surface area (Å²) in [5, 5.41) is 5.66. The minimum atomic E-state index is -0.637. The van der Waals surface area contributed by atoms with Crippen LogP contribution in [0, 0.1) is 3.57 Å². The molecule has 0 saturated carbocycles. The molecule has 0 saturated heterocycles. The Morgan fingerprint density at radius 3 is 2.44 bits per heavy atom. The summed E-state index contributed by atoms with van der Waals surface area (Å²) in [5.41, 5.74) is 5.56. The molecule has 1 N–H and O–H groups in total. The predicted octanol–water partition coefficient (Wildman–Crippen LogP) is 7.16. The Morgan fingerprint density at radius 2 is 1.68 bits per heavy atom. The van der Waals surface area contributed by atoms with Gasteiger partial charge in [-0.25, -0.2) is 4.79 Å². The monoisotopic (exact) mass is 657 g/mol. The normalized spacial score (nSPS) is 15.9. The average molecular weight is 658 g/mol. The highest BCUT2D eigenvalue weighted by molar-refractivity contribution is 14.1. The summed E-state index contributed by atoms with van der Waals surface area (Å²) >= 11 is 2.23. The van der Waals surface area contributed by atoms with Gasteiger partial charge in [-0.1, -0.05) is 60.7 Å². The topological polar surface area (TPSA) is 73.9 Å². The van der Waals surface area contributed by atoms with E-state index in [0.29, 0.717) is 40.5 Å². The number of allylic oxidation sites excluding steroid dienone is 2. The Labute approximate surface area is 252 Å². The quantitative estimate of drug-likeness (QED) is 0.168. The maximum Gasteiger partial charge on any atom is 0.336 e. The Kier molecular flexibility index (Phi) is 7.30. The van der Waals surface area contributed by atoms with Gasteiger partial charge in [-0.2, -0.15) is 0 Å². The van der Waals surface area contributed by atoms with Crippen LogP contribution in [0.1, 0.15) is 46.8 Å². The number of Topliss-reactive ketones (excluding diaryl/α,β-unsaturated/α-hetero) is 1. The standard InChI is InChI=1S/C34H28INO5/c1-4-40-34(38)28-19(2)36-31-24-11-7-8-12-25(24)32(37)30(31)29(28)23-16-26(35)33(27(17-23)39-3)41-18-20-13-14-21-9-5-6-10-22(21)15-20/h5-17,29,36H,4,18H2,1-3H3/t29-/m1/s1. The van der Waals surface area contributed by atoms with Crippen LogP contribution in [0.5, 0.6) is 11.5 Å². The van der Waals surface area contributed by atoms with Crippen molar-refractivity contribution in [1.29, 1.82) is 0 Å². The Balaban J connectivity index is 1.41. The second-order valence-corrected chi connectivity index (χ2v) is 11.1. The first-order valence-electron chi connectivity index (χ1n) is 13.4. The van der Waals surface area contributed by atoms with Crippen molar-refractivity contribution in [2.45, 2.75) is 26.4 Å². The number of benzene rings is 4. The van der Waals surface area contributed by atoms with Gasteiger partial charge in [0.25, 0.3) is 0 Å². The number of hydrogen-bond acceptors (Lipinski definition) is 6. The zero-order valence-corrected chi connectivity index (χ0v) is 25.1. The van der Waals surface area contributed by atoms with Crippen molar-refractivity contribution in [3.8, 4) is 11.5 Å². The van der Waals surface area contributed by atoms with Crippen molar-refractivity contribution in [1.82, 2.24) is 5.32 Å². The smallest absolute Gasteiger partial charge is 0.336 e. The molecule has 0 radical (unpaired) electrons. The van der Waals surface area contributed by atoms with Gasteiger partial charge in [-0.15, -0.1) is 0 Å². The zero-order chi connectivity index (χ0) is 28.7. The van der Waals surface area contributed by atoms with Crippen LogP contribution in [0.25, 0.3) is 16.5 Å². The molecule has 0 unspecified atom stereocenters. The third-order valence-electron chi connectivity index (χ3n) is 7.53. The first-order chi connectivity index (χ1) is 19.9. The van der Waals surface area contributed by atoms with Gasteiger partial charge in [-0.3, -0.25) is 4.79 Å². The fourth-order valence-corrected chi connectivity index (χ4v) is 6.45. The fourth-order valence-electron chi connectivity index (χ4n) is 5.67. The second kappa shape index (κ2) is 11.0. The number of ketones is 1. The van der Waals surface area contributed by atoms with Gasteiger partial charge < -0.3 is 19.5 Å². The molecule has 1 aliphatic carbocycles. The van der Waals surface area contributed by atoms with E-state index in [2.05, 4.69) is 58.2 Å². The Bertz CT molecular complexity index is 1790. The molecule has 1 aliphatic heterocycles. The molecule has 0 aromatic heterocycles. The molecule has 7 heteroatoms. The minimum Gasteiger partial charge on any atom is -0.493 e. The average Bonchev–Trinajstić information content (AvgIpc) is 3.26. The summed E-state index contributed by atoms with van der Waals surface area (Å²) in [6.45, 7) is 4.20. The van der Waals surface area contributed by atoms with E-state index >= 15 is 0 Å². The summed E-state index contributed by atoms with van der Waals surface area (Å²) in [6, 6.07) is 25.8. The fraction of sp³-hybridized carbons (Fsp3) is 0.176. The highest BCUT2D eigenvalue weighted by atomic mass is 127. The third-order valence-corrected chi connectivity index (χ3v) is 8.33. The van der Waals surface area contributed by atoms with E-state index in [-0.39, 0.29) is 12.4 Å². The SMILES string of the molecule is CCOC(=O)C1=C(C)NC2=C(C(=O)c3ccccc32)[C@@H]1c1cc(I)c(OCc2ccc3ccccc3c2)c(OC)c1. The number of ether oxygens (including phenoxy) is 3. The predicted molar refractivity (Wildman–Crippen MR) is 167 cm³/mol. The number of carbonyl (C=O) groups excluding carboxylic acids is 2. The molecular weight excluding hydrogens is 629 g/mol. The molecule has 2 aliphatic rings. The maximum absolute atomic E-state index is 13.8. The van der Waals surface area contributed by atoms with Crippen molar-refractivity contribution >= 4 is 50.8 Å². The lowest BCUT2D eigenvalue weighted by Gasteiger charge is -2.30. The van der Waals surface area contributed by atoms with Gasteiger partial charge >= 0.3 is 5.97 Å². The minimum absolute atomic E-state index is 0.104. The first kappa shape index (κ1) is 27.1. The van der Waals surface area contributed by atoms with Crippen molar-refractivity contribution in [2.24, 2.45) is 0 Å². The van der Waals surface area contributed by atoms with E-state index < -0.39 is 11.9 Å². The van der Waals surface area contributed by atoms with Crippen LogP contribution in [0.2, 0.25) is 0 Å². The van der Waals surface area contributed by atoms with Gasteiger partial charge in [0.2, 0.25) is 0 Å². The zero-order valence-electron chi connectivity index (χ0n) is 22.9. The van der Waals surface area contributed by atoms with Crippen LogP contribution in [-0.2, 0) is 16.1 Å². The van der Waals surface area contributed by atoms with Crippen LogP contribution in [-0.4, -0.2) is 25.5 Å². The molecule has 41 heavy (non-hydrogen) atoms. The van der Waals surface area contributed by atoms with Crippen LogP contribution in [0.15, 0.2) is 95.7 Å². The highest BCUT2D eigenvalue weighted by Gasteiger charge is 2.43. The lowest BCUT2D eigenvalue weighted by Crippen LogP contribution is -2.29. The summed E-state index contributed by atoms with van der Waals surface area (Å²) < 4.78 is 18.4. The lowest BCUT2D eigenvalue weighted by atomic mass is 9.79. The summed E-state index contributed by atoms with van der Waals surface area (Å²) in [7, 11) is 1.59. The Hall–Kier alpha value is -4.11. The molecule has 1 atom stereocenters. The Morgan fingerprint density at radius 1 is 0.951 bits per heavy atom. The summed E-state index contributed by atoms with van der Waals surface area (Å²) in [6.07, 6.45) is 0. The molecule has 0 bridgehead atoms. The van der Waals surface area contributed by atoms with Gasteiger partial charge in [0.1, 0.15) is 6.61 Å². The number of esters is 1. The number of hydrogen-bond donors (Lipinski definition) is 1. The molecule has 0 fully saturated rings. The number of methoxy groups -OCH3 is 1. The maximum atomic E-state index is 13.8. The van der Waals surface area contributed by atoms with Crippen molar-refractivity contribution < 1.29 is 23.8 Å². The lowest BCUT2D eigenvalue weighted by molar-refractivity contribution is -0.138. The van der Waals surface area contributed by atoms with Gasteiger partial charge in [-0.05, 0) is 76.5 Å². The van der Waals surface area contributed by atoms with Crippen LogP contribution in [0.3, 0.4) is 0 Å². The van der Waals surface area contributed by atoms with E-state index in [0.717, 1.165) is 31.3 Å². The number of dihydropyridines is 1. The van der Waals surface area contributed by atoms with Gasteiger partial charge in [0.05, 0.1) is 28.6 Å². The molecular formula is C34H28INO5. The second-order valence-electron chi connectivity index (χ2n) is 9.98. The van der Waals surface area contributed by atoms with E-state index in [4.69, 9.17) is 14.2 Å². The van der Waals surface area contributed by atoms with E-state index in [1.54, 1.807) is 14.0 Å². The van der Waals surface area contributed by atoms with Crippen LogP contribution < -0.4 is 14.8 Å². The number of carbonyl (C=O) groups is 2. The summed E-state index contributed by atoms with van der Waals surface area (Å²) in [5.74, 6) is -0.0664. The van der Waals surface area contributed by atoms with Crippen molar-refractivity contribution in [3.05, 3.63) is 122 Å². The molecule has 0 amide bonds. The molecule has 6 nitrogen and oxygen atoms in total. The number of fused-ring (bicyclic) bond motifs is 3. The van der Waals surface area contributed by atoms with E-state index in [1.807, 2.05) is 55.5 Å². The largest absolute Gasteiger partial charge is 0.493 e. The first-order valence-corrected chi connectivity index (χ1v) is 14.5. The highest BCUT2D eigenvalue weighted by Crippen LogP contribution is 2.48. The van der Waals surface area contributed by atoms with Crippen molar-refractivity contribution in [3.63, 3.8) is 0 Å². The molecule has 0 spiro atoms. The molecule has 6 rings (SSSR count). The molecule has 1 heterocycles.